The van der Waals surface area contributed by atoms with Crippen LogP contribution in [0.4, 0.5) is 10.5 Å². The van der Waals surface area contributed by atoms with Crippen LogP contribution in [-0.2, 0) is 17.9 Å². The summed E-state index contributed by atoms with van der Waals surface area (Å²) in [5.41, 5.74) is -0.256. The van der Waals surface area contributed by atoms with Crippen LogP contribution in [0.5, 0.6) is 0 Å². The zero-order valence-electron chi connectivity index (χ0n) is 17.4. The molecule has 1 amide bonds. The van der Waals surface area contributed by atoms with Crippen LogP contribution in [0.25, 0.3) is 16.6 Å². The van der Waals surface area contributed by atoms with E-state index in [1.807, 2.05) is 30.3 Å². The number of alkyl carbamates (subject to hydrolysis) is 1. The molecule has 0 aliphatic rings. The number of nitro groups is 1. The minimum atomic E-state index is -1.42. The third-order valence-corrected chi connectivity index (χ3v) is 4.91. The van der Waals surface area contributed by atoms with Crippen LogP contribution < -0.4 is 10.9 Å². The van der Waals surface area contributed by atoms with Crippen molar-refractivity contribution in [3.63, 3.8) is 0 Å². The topological polar surface area (TPSA) is 169 Å². The van der Waals surface area contributed by atoms with Crippen LogP contribution >= 0.6 is 0 Å². The second kappa shape index (κ2) is 9.24. The van der Waals surface area contributed by atoms with Gasteiger partial charge in [-0.25, -0.2) is 14.6 Å². The van der Waals surface area contributed by atoms with Gasteiger partial charge in [0.2, 0.25) is 0 Å². The van der Waals surface area contributed by atoms with Crippen LogP contribution in [0, 0.1) is 10.1 Å². The zero-order chi connectivity index (χ0) is 24.2. The summed E-state index contributed by atoms with van der Waals surface area (Å²) >= 11 is 0. The summed E-state index contributed by atoms with van der Waals surface area (Å²) in [6, 6.07) is 12.9. The number of amides is 1. The molecule has 0 aliphatic carbocycles. The highest BCUT2D eigenvalue weighted by atomic mass is 16.6. The Morgan fingerprint density at radius 3 is 2.68 bits per heavy atom. The molecule has 2 aromatic carbocycles. The van der Waals surface area contributed by atoms with Gasteiger partial charge in [0.25, 0.3) is 11.2 Å². The number of nitrogens with one attached hydrogen (secondary N) is 2. The predicted octanol–water partition coefficient (Wildman–Crippen LogP) is 2.75. The van der Waals surface area contributed by atoms with Gasteiger partial charge >= 0.3 is 12.1 Å². The molecule has 0 unspecified atom stereocenters. The molecule has 3 N–H and O–H groups in total. The van der Waals surface area contributed by atoms with E-state index in [9.17, 15) is 29.6 Å². The van der Waals surface area contributed by atoms with Crippen molar-refractivity contribution in [1.29, 1.82) is 0 Å². The summed E-state index contributed by atoms with van der Waals surface area (Å²) in [5, 5.41) is 23.7. The van der Waals surface area contributed by atoms with Gasteiger partial charge < -0.3 is 20.1 Å². The third-order valence-electron chi connectivity index (χ3n) is 4.91. The number of ether oxygens (including phenoxy) is 1. The molecule has 0 radical (unpaired) electrons. The summed E-state index contributed by atoms with van der Waals surface area (Å²) in [7, 11) is 0. The third kappa shape index (κ3) is 4.75. The van der Waals surface area contributed by atoms with E-state index < -0.39 is 28.1 Å². The monoisotopic (exact) mass is 463 g/mol. The van der Waals surface area contributed by atoms with E-state index in [0.717, 1.165) is 17.7 Å². The van der Waals surface area contributed by atoms with Crippen molar-refractivity contribution in [2.24, 2.45) is 0 Å². The minimum Gasteiger partial charge on any atom is -0.477 e. The van der Waals surface area contributed by atoms with E-state index in [-0.39, 0.29) is 35.4 Å². The van der Waals surface area contributed by atoms with Gasteiger partial charge in [-0.05, 0) is 17.7 Å². The van der Waals surface area contributed by atoms with Crippen LogP contribution in [0.1, 0.15) is 21.6 Å². The maximum atomic E-state index is 11.9. The Morgan fingerprint density at radius 1 is 1.21 bits per heavy atom. The second-order valence-electron chi connectivity index (χ2n) is 7.19. The quantitative estimate of drug-likeness (QED) is 0.277. The number of hydrogen-bond donors (Lipinski definition) is 3. The first-order valence-electron chi connectivity index (χ1n) is 9.88. The minimum absolute atomic E-state index is 0.0909. The molecule has 2 aromatic heterocycles. The van der Waals surface area contributed by atoms with Gasteiger partial charge in [-0.2, -0.15) is 0 Å². The van der Waals surface area contributed by atoms with Gasteiger partial charge in [0.05, 0.1) is 22.5 Å². The number of H-pyrrole nitrogens is 1. The van der Waals surface area contributed by atoms with Crippen molar-refractivity contribution in [2.45, 2.75) is 13.2 Å². The Hall–Kier alpha value is -5.00. The first-order valence-corrected chi connectivity index (χ1v) is 9.88. The molecule has 34 heavy (non-hydrogen) atoms. The molecule has 4 aromatic rings. The number of carboxylic acid groups (broad SMARTS) is 1. The number of aromatic carboxylic acids is 1. The van der Waals surface area contributed by atoms with Crippen molar-refractivity contribution < 1.29 is 24.4 Å². The molecule has 0 fully saturated rings. The second-order valence-corrected chi connectivity index (χ2v) is 7.19. The average Bonchev–Trinajstić information content (AvgIpc) is 3.29. The Bertz CT molecular complexity index is 1460. The van der Waals surface area contributed by atoms with E-state index >= 15 is 0 Å². The van der Waals surface area contributed by atoms with Crippen LogP contribution in [0.3, 0.4) is 0 Å². The van der Waals surface area contributed by atoms with E-state index in [0.29, 0.717) is 5.69 Å². The van der Waals surface area contributed by atoms with Crippen LogP contribution in [-0.4, -0.2) is 36.6 Å². The normalized spacial score (nSPS) is 10.7. The number of aromatic amines is 1. The summed E-state index contributed by atoms with van der Waals surface area (Å²) in [5.74, 6) is -1.42. The number of fused-ring (bicyclic) bond motifs is 1. The average molecular weight is 463 g/mol. The van der Waals surface area contributed by atoms with Crippen LogP contribution in [0.2, 0.25) is 0 Å². The highest BCUT2D eigenvalue weighted by Crippen LogP contribution is 2.28. The smallest absolute Gasteiger partial charge is 0.407 e. The fraction of sp³-hybridized carbons (Fsp3) is 0.0909. The number of aromatic nitrogens is 3. The number of benzene rings is 2. The number of imidazole rings is 1. The number of hydrogen-bond acceptors (Lipinski definition) is 7. The Morgan fingerprint density at radius 2 is 1.97 bits per heavy atom. The Balaban J connectivity index is 1.54. The number of pyridine rings is 1. The molecule has 0 atom stereocenters. The SMILES string of the molecule is O=C(NCc1ccccc1)OCc1cn(-c2cc3cc(C(=O)O)c(=O)[nH]c3cc2[N+](=O)[O-])cn1. The first-order chi connectivity index (χ1) is 16.3. The fourth-order valence-electron chi connectivity index (χ4n) is 3.27. The Kier molecular flexibility index (Phi) is 6.03. The lowest BCUT2D eigenvalue weighted by molar-refractivity contribution is -0.384. The van der Waals surface area contributed by atoms with E-state index in [1.54, 1.807) is 0 Å². The van der Waals surface area contributed by atoms with Crippen molar-refractivity contribution >= 4 is 28.7 Å². The largest absolute Gasteiger partial charge is 0.477 e. The van der Waals surface area contributed by atoms with Crippen molar-refractivity contribution in [2.75, 3.05) is 0 Å². The number of carboxylic acids is 1. The van der Waals surface area contributed by atoms with Gasteiger partial charge in [0.15, 0.2) is 0 Å². The van der Waals surface area contributed by atoms with Gasteiger partial charge in [-0.15, -0.1) is 0 Å². The Labute approximate surface area is 190 Å². The number of carbonyl (C=O) groups is 2. The molecule has 2 heterocycles. The maximum absolute atomic E-state index is 11.9. The molecule has 0 aliphatic heterocycles. The first kappa shape index (κ1) is 22.2. The lowest BCUT2D eigenvalue weighted by Crippen LogP contribution is -2.23. The van der Waals surface area contributed by atoms with Crippen LogP contribution in [0.15, 0.2) is 65.8 Å². The maximum Gasteiger partial charge on any atom is 0.407 e. The molecule has 0 saturated carbocycles. The molecule has 172 valence electrons. The van der Waals surface area contributed by atoms with Gasteiger partial charge in [-0.1, -0.05) is 30.3 Å². The van der Waals surface area contributed by atoms with Gasteiger partial charge in [0, 0.05) is 24.2 Å². The number of rotatable bonds is 7. The highest BCUT2D eigenvalue weighted by molar-refractivity contribution is 5.94. The lowest BCUT2D eigenvalue weighted by Gasteiger charge is -2.07. The number of nitro benzene ring substituents is 1. The van der Waals surface area contributed by atoms with Crippen molar-refractivity contribution in [3.05, 3.63) is 98.3 Å². The number of nitrogens with zero attached hydrogens (tertiary/aromatic N) is 3. The van der Waals surface area contributed by atoms with E-state index in [1.165, 1.54) is 23.2 Å². The molecule has 12 nitrogen and oxygen atoms in total. The molecule has 0 saturated heterocycles. The summed E-state index contributed by atoms with van der Waals surface area (Å²) in [6.45, 7) is 0.114. The van der Waals surface area contributed by atoms with Gasteiger partial charge in [0.1, 0.15) is 17.9 Å². The molecule has 12 heteroatoms. The molecule has 4 rings (SSSR count). The highest BCUT2D eigenvalue weighted by Gasteiger charge is 2.20. The summed E-state index contributed by atoms with van der Waals surface area (Å²) in [4.78, 5) is 52.5. The zero-order valence-corrected chi connectivity index (χ0v) is 17.4. The predicted molar refractivity (Wildman–Crippen MR) is 119 cm³/mol. The molecular weight excluding hydrogens is 446 g/mol. The van der Waals surface area contributed by atoms with Gasteiger partial charge in [-0.3, -0.25) is 19.5 Å². The fourth-order valence-corrected chi connectivity index (χ4v) is 3.27. The molecule has 0 spiro atoms. The van der Waals surface area contributed by atoms with Crippen molar-refractivity contribution in [3.8, 4) is 5.69 Å². The van der Waals surface area contributed by atoms with Crippen molar-refractivity contribution in [1.82, 2.24) is 19.9 Å². The molecular formula is C22H17N5O7. The van der Waals surface area contributed by atoms with E-state index in [4.69, 9.17) is 4.74 Å². The summed E-state index contributed by atoms with van der Waals surface area (Å²) < 4.78 is 6.49. The number of carbonyl (C=O) groups excluding carboxylic acids is 1. The molecule has 0 bridgehead atoms. The lowest BCUT2D eigenvalue weighted by atomic mass is 10.1. The van der Waals surface area contributed by atoms with E-state index in [2.05, 4.69) is 15.3 Å². The summed E-state index contributed by atoms with van der Waals surface area (Å²) in [6.07, 6.45) is 2.10. The standard InChI is InChI=1S/C22H17N5O7/c28-20-16(21(29)30)6-14-7-18(19(27(32)33)8-17(14)25-20)26-10-15(24-12-26)11-34-22(31)23-9-13-4-2-1-3-5-13/h1-8,10,12H,9,11H2,(H,23,31)(H,25,28)(H,29,30).